The van der Waals surface area contributed by atoms with E-state index in [-0.39, 0.29) is 17.2 Å². The van der Waals surface area contributed by atoms with Gasteiger partial charge in [-0.2, -0.15) is 0 Å². The van der Waals surface area contributed by atoms with Crippen LogP contribution in [0.3, 0.4) is 0 Å². The van der Waals surface area contributed by atoms with Crippen molar-refractivity contribution in [1.82, 2.24) is 0 Å². The van der Waals surface area contributed by atoms with Crippen LogP contribution in [0.25, 0.3) is 0 Å². The molecule has 7 heteroatoms. The number of aryl methyl sites for hydroxylation is 1. The fraction of sp³-hybridized carbons (Fsp3) is 0.214. The molecule has 1 aliphatic rings. The van der Waals surface area contributed by atoms with E-state index < -0.39 is 15.3 Å². The highest BCUT2D eigenvalue weighted by Gasteiger charge is 2.30. The molecular weight excluding hydrogens is 378 g/mol. The summed E-state index contributed by atoms with van der Waals surface area (Å²) in [4.78, 5) is 12.5. The Morgan fingerprint density at radius 1 is 1.38 bits per heavy atom. The first-order valence-electron chi connectivity index (χ1n) is 6.09. The lowest BCUT2D eigenvalue weighted by Crippen LogP contribution is -2.31. The van der Waals surface area contributed by atoms with E-state index in [9.17, 15) is 13.2 Å². The molecule has 1 atom stereocenters. The van der Waals surface area contributed by atoms with Crippen LogP contribution < -0.4 is 5.14 Å². The molecule has 0 bridgehead atoms. The number of Topliss-reactive ketones (excluding diaryl/α,β-unsaturated/α-hetero) is 1. The lowest BCUT2D eigenvalue weighted by molar-refractivity contribution is 0.103. The first-order chi connectivity index (χ1) is 9.70. The molecule has 0 aliphatic heterocycles. The molecular formula is C14H13BrClNO3S. The summed E-state index contributed by atoms with van der Waals surface area (Å²) < 4.78 is 23.9. The van der Waals surface area contributed by atoms with Crippen molar-refractivity contribution in [2.45, 2.75) is 18.6 Å². The molecule has 0 saturated carbocycles. The van der Waals surface area contributed by atoms with Gasteiger partial charge < -0.3 is 0 Å². The van der Waals surface area contributed by atoms with Crippen molar-refractivity contribution in [3.05, 3.63) is 56.6 Å². The van der Waals surface area contributed by atoms with E-state index in [4.69, 9.17) is 16.7 Å². The van der Waals surface area contributed by atoms with Crippen molar-refractivity contribution in [1.29, 1.82) is 0 Å². The number of benzene rings is 1. The second-order valence-corrected chi connectivity index (χ2v) is 7.86. The summed E-state index contributed by atoms with van der Waals surface area (Å²) >= 11 is 9.24. The highest BCUT2D eigenvalue weighted by molar-refractivity contribution is 9.10. The molecule has 0 amide bonds. The first-order valence-corrected chi connectivity index (χ1v) is 8.87. The van der Waals surface area contributed by atoms with Crippen molar-refractivity contribution in [3.63, 3.8) is 0 Å². The quantitative estimate of drug-likeness (QED) is 0.806. The van der Waals surface area contributed by atoms with Gasteiger partial charge >= 0.3 is 0 Å². The van der Waals surface area contributed by atoms with Gasteiger partial charge in [-0.1, -0.05) is 33.6 Å². The predicted molar refractivity (Wildman–Crippen MR) is 86.7 cm³/mol. The summed E-state index contributed by atoms with van der Waals surface area (Å²) in [5.74, 6) is -0.223. The molecule has 0 aromatic heterocycles. The van der Waals surface area contributed by atoms with E-state index in [2.05, 4.69) is 15.9 Å². The molecule has 0 fully saturated rings. The minimum Gasteiger partial charge on any atom is -0.289 e. The number of carbonyl (C=O) groups is 1. The van der Waals surface area contributed by atoms with Crippen LogP contribution in [0, 0.1) is 6.92 Å². The van der Waals surface area contributed by atoms with Crippen molar-refractivity contribution >= 4 is 43.3 Å². The fourth-order valence-corrected chi connectivity index (χ4v) is 3.63. The second kappa shape index (κ2) is 6.04. The van der Waals surface area contributed by atoms with Gasteiger partial charge in [-0.25, -0.2) is 13.6 Å². The van der Waals surface area contributed by atoms with Crippen molar-refractivity contribution in [2.24, 2.45) is 5.14 Å². The maximum atomic E-state index is 12.5. The van der Waals surface area contributed by atoms with E-state index in [0.717, 1.165) is 10.0 Å². The zero-order valence-corrected chi connectivity index (χ0v) is 14.3. The molecule has 0 heterocycles. The molecule has 2 rings (SSSR count). The van der Waals surface area contributed by atoms with E-state index in [0.29, 0.717) is 11.1 Å². The Balaban J connectivity index is 2.34. The first kappa shape index (κ1) is 16.4. The van der Waals surface area contributed by atoms with Crippen LogP contribution >= 0.6 is 27.5 Å². The van der Waals surface area contributed by atoms with E-state index in [1.54, 1.807) is 24.3 Å². The molecule has 1 unspecified atom stereocenters. The Kier molecular flexibility index (Phi) is 4.72. The summed E-state index contributed by atoms with van der Waals surface area (Å²) in [7, 11) is -3.84. The van der Waals surface area contributed by atoms with E-state index >= 15 is 0 Å². The monoisotopic (exact) mass is 389 g/mol. The number of sulfonamides is 1. The molecule has 1 aromatic rings. The van der Waals surface area contributed by atoms with Gasteiger partial charge in [0.2, 0.25) is 10.0 Å². The highest BCUT2D eigenvalue weighted by Crippen LogP contribution is 2.29. The predicted octanol–water partition coefficient (Wildman–Crippen LogP) is 3.05. The topological polar surface area (TPSA) is 77.2 Å². The Morgan fingerprint density at radius 2 is 2.05 bits per heavy atom. The lowest BCUT2D eigenvalue weighted by Gasteiger charge is -2.19. The Hall–Kier alpha value is -0.950. The third-order valence-electron chi connectivity index (χ3n) is 3.26. The summed E-state index contributed by atoms with van der Waals surface area (Å²) in [6.07, 6.45) is 2.95. The number of hydrogen-bond acceptors (Lipinski definition) is 3. The molecule has 0 spiro atoms. The second-order valence-electron chi connectivity index (χ2n) is 4.82. The smallest absolute Gasteiger partial charge is 0.217 e. The Labute approximate surface area is 136 Å². The number of allylic oxidation sites excluding steroid dienone is 3. The summed E-state index contributed by atoms with van der Waals surface area (Å²) in [6.45, 7) is 1.88. The zero-order chi connectivity index (χ0) is 15.8. The number of nitrogens with two attached hydrogens (primary N) is 1. The average molecular weight is 391 g/mol. The maximum Gasteiger partial charge on any atom is 0.217 e. The van der Waals surface area contributed by atoms with Crippen LogP contribution in [-0.4, -0.2) is 19.5 Å². The number of halogens is 2. The molecule has 1 aromatic carbocycles. The van der Waals surface area contributed by atoms with Crippen LogP contribution in [0.15, 0.2) is 45.4 Å². The van der Waals surface area contributed by atoms with E-state index in [1.165, 1.54) is 6.08 Å². The average Bonchev–Trinajstić information content (AvgIpc) is 2.40. The van der Waals surface area contributed by atoms with Gasteiger partial charge in [-0.05, 0) is 43.2 Å². The molecule has 1 aliphatic carbocycles. The molecule has 2 N–H and O–H groups in total. The molecule has 0 saturated heterocycles. The standard InChI is InChI=1S/C14H13BrClNO3S/c1-8-6-9(2-4-11(8)15)14(18)10-3-5-12(16)13(7-10)21(17,19)20/h2-6,13H,7H2,1H3,(H2,17,19,20). The summed E-state index contributed by atoms with van der Waals surface area (Å²) in [5.41, 5.74) is 1.80. The third-order valence-corrected chi connectivity index (χ3v) is 5.89. The van der Waals surface area contributed by atoms with Gasteiger partial charge in [-0.15, -0.1) is 0 Å². The third kappa shape index (κ3) is 3.63. The van der Waals surface area contributed by atoms with Gasteiger partial charge in [0.05, 0.1) is 0 Å². The lowest BCUT2D eigenvalue weighted by atomic mass is 9.95. The van der Waals surface area contributed by atoms with Gasteiger partial charge in [0.25, 0.3) is 0 Å². The van der Waals surface area contributed by atoms with Gasteiger partial charge in [0.1, 0.15) is 5.25 Å². The zero-order valence-electron chi connectivity index (χ0n) is 11.1. The molecule has 4 nitrogen and oxygen atoms in total. The highest BCUT2D eigenvalue weighted by atomic mass is 79.9. The van der Waals surface area contributed by atoms with Gasteiger partial charge in [0, 0.05) is 20.6 Å². The summed E-state index contributed by atoms with van der Waals surface area (Å²) in [6, 6.07) is 5.22. The summed E-state index contributed by atoms with van der Waals surface area (Å²) in [5, 5.41) is 4.22. The minimum atomic E-state index is -3.84. The number of rotatable bonds is 3. The molecule has 21 heavy (non-hydrogen) atoms. The number of primary sulfonamides is 1. The Morgan fingerprint density at radius 3 is 2.62 bits per heavy atom. The van der Waals surface area contributed by atoms with E-state index in [1.807, 2.05) is 6.92 Å². The molecule has 0 radical (unpaired) electrons. The largest absolute Gasteiger partial charge is 0.289 e. The molecule has 112 valence electrons. The SMILES string of the molecule is Cc1cc(C(=O)C2=CC=C(Cl)C(S(N)(=O)=O)C2)ccc1Br. The van der Waals surface area contributed by atoms with Crippen molar-refractivity contribution < 1.29 is 13.2 Å². The normalized spacial score (nSPS) is 19.0. The number of carbonyl (C=O) groups excluding carboxylic acids is 1. The van der Waals surface area contributed by atoms with Gasteiger partial charge in [0.15, 0.2) is 5.78 Å². The Bertz CT molecular complexity index is 768. The van der Waals surface area contributed by atoms with Crippen molar-refractivity contribution in [2.75, 3.05) is 0 Å². The van der Waals surface area contributed by atoms with Crippen LogP contribution in [0.5, 0.6) is 0 Å². The van der Waals surface area contributed by atoms with Crippen LogP contribution in [0.1, 0.15) is 22.3 Å². The number of hydrogen-bond donors (Lipinski definition) is 1. The van der Waals surface area contributed by atoms with Crippen LogP contribution in [-0.2, 0) is 10.0 Å². The van der Waals surface area contributed by atoms with Crippen LogP contribution in [0.4, 0.5) is 0 Å². The van der Waals surface area contributed by atoms with Crippen molar-refractivity contribution in [3.8, 4) is 0 Å². The van der Waals surface area contributed by atoms with Crippen LogP contribution in [0.2, 0.25) is 0 Å². The maximum absolute atomic E-state index is 12.5. The number of ketones is 1. The van der Waals surface area contributed by atoms with Gasteiger partial charge in [-0.3, -0.25) is 4.79 Å². The fourth-order valence-electron chi connectivity index (χ4n) is 2.07. The minimum absolute atomic E-state index is 0.0118.